The number of hydrogen-bond donors (Lipinski definition) is 2. The lowest BCUT2D eigenvalue weighted by Gasteiger charge is -2.09. The van der Waals surface area contributed by atoms with Crippen molar-refractivity contribution < 1.29 is 4.79 Å². The third kappa shape index (κ3) is 3.70. The molecule has 0 saturated heterocycles. The lowest BCUT2D eigenvalue weighted by atomic mass is 10.2. The van der Waals surface area contributed by atoms with Gasteiger partial charge in [-0.2, -0.15) is 0 Å². The van der Waals surface area contributed by atoms with Crippen LogP contribution in [0.5, 0.6) is 0 Å². The van der Waals surface area contributed by atoms with Gasteiger partial charge in [0.15, 0.2) is 11.5 Å². The first kappa shape index (κ1) is 16.0. The Balaban J connectivity index is 1.71. The van der Waals surface area contributed by atoms with Gasteiger partial charge in [0.05, 0.1) is 10.7 Å². The van der Waals surface area contributed by atoms with Crippen molar-refractivity contribution in [2.75, 3.05) is 10.6 Å². The highest BCUT2D eigenvalue weighted by Gasteiger charge is 2.10. The first-order valence-electron chi connectivity index (χ1n) is 7.36. The third-order valence-corrected chi connectivity index (χ3v) is 3.76. The number of para-hydroxylation sites is 2. The predicted octanol–water partition coefficient (Wildman–Crippen LogP) is 4.43. The first-order chi connectivity index (χ1) is 11.6. The Morgan fingerprint density at radius 3 is 2.29 bits per heavy atom. The number of aryl methyl sites for hydroxylation is 1. The van der Waals surface area contributed by atoms with Crippen LogP contribution < -0.4 is 10.6 Å². The maximum absolute atomic E-state index is 12.2. The SMILES string of the molecule is Cc1ccccc1Nc1ccc(C(=O)Nc2ccccc2Cl)nn1. The molecular formula is C18H15ClN4O. The molecule has 0 bridgehead atoms. The summed E-state index contributed by atoms with van der Waals surface area (Å²) in [6.07, 6.45) is 0. The number of hydrogen-bond acceptors (Lipinski definition) is 4. The normalized spacial score (nSPS) is 10.2. The molecule has 0 aliphatic carbocycles. The van der Waals surface area contributed by atoms with E-state index in [1.807, 2.05) is 31.2 Å². The molecule has 1 amide bonds. The summed E-state index contributed by atoms with van der Waals surface area (Å²) in [7, 11) is 0. The monoisotopic (exact) mass is 338 g/mol. The van der Waals surface area contributed by atoms with Crippen molar-refractivity contribution >= 4 is 34.7 Å². The molecular weight excluding hydrogens is 324 g/mol. The van der Waals surface area contributed by atoms with Crippen molar-refractivity contribution in [1.29, 1.82) is 0 Å². The number of halogens is 1. The fraction of sp³-hybridized carbons (Fsp3) is 0.0556. The van der Waals surface area contributed by atoms with Gasteiger partial charge < -0.3 is 10.6 Å². The summed E-state index contributed by atoms with van der Waals surface area (Å²) in [6.45, 7) is 2.00. The Morgan fingerprint density at radius 1 is 0.917 bits per heavy atom. The molecule has 0 fully saturated rings. The van der Waals surface area contributed by atoms with Crippen molar-refractivity contribution in [1.82, 2.24) is 10.2 Å². The molecule has 0 saturated carbocycles. The minimum absolute atomic E-state index is 0.213. The van der Waals surface area contributed by atoms with Crippen LogP contribution in [0.15, 0.2) is 60.7 Å². The van der Waals surface area contributed by atoms with Gasteiger partial charge in [-0.3, -0.25) is 4.79 Å². The molecule has 2 N–H and O–H groups in total. The molecule has 0 spiro atoms. The number of carbonyl (C=O) groups excluding carboxylic acids is 1. The lowest BCUT2D eigenvalue weighted by molar-refractivity contribution is 0.102. The number of nitrogens with zero attached hydrogens (tertiary/aromatic N) is 2. The topological polar surface area (TPSA) is 66.9 Å². The van der Waals surface area contributed by atoms with Crippen molar-refractivity contribution in [2.24, 2.45) is 0 Å². The minimum Gasteiger partial charge on any atom is -0.339 e. The summed E-state index contributed by atoms with van der Waals surface area (Å²) in [5.41, 5.74) is 2.79. The van der Waals surface area contributed by atoms with Gasteiger partial charge in [0.2, 0.25) is 0 Å². The number of amides is 1. The highest BCUT2D eigenvalue weighted by Crippen LogP contribution is 2.21. The van der Waals surface area contributed by atoms with E-state index in [9.17, 15) is 4.79 Å². The van der Waals surface area contributed by atoms with Gasteiger partial charge in [0.1, 0.15) is 0 Å². The maximum atomic E-state index is 12.2. The zero-order valence-corrected chi connectivity index (χ0v) is 13.7. The average molecular weight is 339 g/mol. The van der Waals surface area contributed by atoms with E-state index in [0.717, 1.165) is 11.3 Å². The molecule has 5 nitrogen and oxygen atoms in total. The van der Waals surface area contributed by atoms with E-state index >= 15 is 0 Å². The molecule has 2 aromatic carbocycles. The van der Waals surface area contributed by atoms with Crippen molar-refractivity contribution in [3.05, 3.63) is 76.9 Å². The van der Waals surface area contributed by atoms with Gasteiger partial charge in [0, 0.05) is 5.69 Å². The van der Waals surface area contributed by atoms with Crippen molar-refractivity contribution in [3.8, 4) is 0 Å². The molecule has 0 aliphatic heterocycles. The van der Waals surface area contributed by atoms with Crippen LogP contribution in [0.1, 0.15) is 16.1 Å². The van der Waals surface area contributed by atoms with E-state index in [-0.39, 0.29) is 11.6 Å². The second kappa shape index (κ2) is 7.10. The summed E-state index contributed by atoms with van der Waals surface area (Å²) >= 11 is 6.03. The van der Waals surface area contributed by atoms with Crippen LogP contribution in [0.4, 0.5) is 17.2 Å². The van der Waals surface area contributed by atoms with Gasteiger partial charge in [0.25, 0.3) is 5.91 Å². The summed E-state index contributed by atoms with van der Waals surface area (Å²) in [6, 6.07) is 18.2. The second-order valence-electron chi connectivity index (χ2n) is 5.18. The Labute approximate surface area is 144 Å². The molecule has 0 unspecified atom stereocenters. The van der Waals surface area contributed by atoms with Gasteiger partial charge >= 0.3 is 0 Å². The quantitative estimate of drug-likeness (QED) is 0.738. The van der Waals surface area contributed by atoms with Crippen LogP contribution in [0.2, 0.25) is 5.02 Å². The van der Waals surface area contributed by atoms with E-state index in [2.05, 4.69) is 20.8 Å². The smallest absolute Gasteiger partial charge is 0.276 e. The van der Waals surface area contributed by atoms with E-state index in [1.54, 1.807) is 36.4 Å². The zero-order chi connectivity index (χ0) is 16.9. The highest BCUT2D eigenvalue weighted by atomic mass is 35.5. The Bertz CT molecular complexity index is 865. The molecule has 0 atom stereocenters. The molecule has 0 radical (unpaired) electrons. The molecule has 120 valence electrons. The first-order valence-corrected chi connectivity index (χ1v) is 7.73. The van der Waals surface area contributed by atoms with Crippen LogP contribution in [0, 0.1) is 6.92 Å². The number of anilines is 3. The Hall–Kier alpha value is -2.92. The van der Waals surface area contributed by atoms with Crippen molar-refractivity contribution in [2.45, 2.75) is 6.92 Å². The summed E-state index contributed by atoms with van der Waals surface area (Å²) in [4.78, 5) is 12.2. The standard InChI is InChI=1S/C18H15ClN4O/c1-12-6-2-4-8-14(12)20-17-11-10-16(22-23-17)18(24)21-15-9-5-3-7-13(15)19/h2-11H,1H3,(H,20,23)(H,21,24). The van der Waals surface area contributed by atoms with Gasteiger partial charge in [-0.15, -0.1) is 10.2 Å². The summed E-state index contributed by atoms with van der Waals surface area (Å²) in [5, 5.41) is 14.4. The molecule has 3 aromatic rings. The van der Waals surface area contributed by atoms with Crippen LogP contribution in [0.25, 0.3) is 0 Å². The number of carbonyl (C=O) groups is 1. The van der Waals surface area contributed by atoms with Gasteiger partial charge in [-0.25, -0.2) is 0 Å². The average Bonchev–Trinajstić information content (AvgIpc) is 2.59. The minimum atomic E-state index is -0.363. The molecule has 3 rings (SSSR count). The van der Waals surface area contributed by atoms with E-state index < -0.39 is 0 Å². The van der Waals surface area contributed by atoms with Crippen LogP contribution in [0.3, 0.4) is 0 Å². The summed E-state index contributed by atoms with van der Waals surface area (Å²) in [5.74, 6) is 0.205. The summed E-state index contributed by atoms with van der Waals surface area (Å²) < 4.78 is 0. The number of benzene rings is 2. The molecule has 24 heavy (non-hydrogen) atoms. The third-order valence-electron chi connectivity index (χ3n) is 3.43. The van der Waals surface area contributed by atoms with E-state index in [4.69, 9.17) is 11.6 Å². The van der Waals surface area contributed by atoms with Crippen LogP contribution in [-0.2, 0) is 0 Å². The number of aromatic nitrogens is 2. The molecule has 6 heteroatoms. The van der Waals surface area contributed by atoms with Gasteiger partial charge in [-0.05, 0) is 42.8 Å². The van der Waals surface area contributed by atoms with Crippen LogP contribution >= 0.6 is 11.6 Å². The number of nitrogens with one attached hydrogen (secondary N) is 2. The molecule has 0 aliphatic rings. The lowest BCUT2D eigenvalue weighted by Crippen LogP contribution is -2.14. The largest absolute Gasteiger partial charge is 0.339 e. The predicted molar refractivity (Wildman–Crippen MR) is 95.9 cm³/mol. The molecule has 1 heterocycles. The Morgan fingerprint density at radius 2 is 1.62 bits per heavy atom. The fourth-order valence-corrected chi connectivity index (χ4v) is 2.30. The van der Waals surface area contributed by atoms with Crippen LogP contribution in [-0.4, -0.2) is 16.1 Å². The maximum Gasteiger partial charge on any atom is 0.276 e. The molecule has 1 aromatic heterocycles. The zero-order valence-electron chi connectivity index (χ0n) is 13.0. The number of rotatable bonds is 4. The highest BCUT2D eigenvalue weighted by molar-refractivity contribution is 6.33. The van der Waals surface area contributed by atoms with Crippen molar-refractivity contribution in [3.63, 3.8) is 0 Å². The fourth-order valence-electron chi connectivity index (χ4n) is 2.12. The van der Waals surface area contributed by atoms with Gasteiger partial charge in [-0.1, -0.05) is 41.9 Å². The van der Waals surface area contributed by atoms with E-state index in [0.29, 0.717) is 16.5 Å². The Kier molecular flexibility index (Phi) is 4.72. The second-order valence-corrected chi connectivity index (χ2v) is 5.58. The van der Waals surface area contributed by atoms with E-state index in [1.165, 1.54) is 0 Å².